The van der Waals surface area contributed by atoms with Crippen LogP contribution < -0.4 is 0 Å². The van der Waals surface area contributed by atoms with E-state index >= 15 is 0 Å². The molecule has 0 saturated carbocycles. The monoisotopic (exact) mass is 215 g/mol. The molecule has 0 aliphatic heterocycles. The van der Waals surface area contributed by atoms with Crippen LogP contribution in [0.15, 0.2) is 6.20 Å². The number of aryl methyl sites for hydroxylation is 2. The molecular formula is C8H13N3O2S. The lowest BCUT2D eigenvalue weighted by molar-refractivity contribution is -0.136. The normalized spacial score (nSPS) is 10.4. The SMILES string of the molecule is CSCCn1cc(CCC(=O)O)nn1. The first-order valence-electron chi connectivity index (χ1n) is 4.32. The van der Waals surface area contributed by atoms with Gasteiger partial charge in [-0.1, -0.05) is 5.21 Å². The van der Waals surface area contributed by atoms with Gasteiger partial charge in [0.15, 0.2) is 0 Å². The highest BCUT2D eigenvalue weighted by Gasteiger charge is 2.03. The quantitative estimate of drug-likeness (QED) is 0.755. The van der Waals surface area contributed by atoms with Gasteiger partial charge in [0.1, 0.15) is 0 Å². The van der Waals surface area contributed by atoms with Gasteiger partial charge in [0.05, 0.1) is 18.7 Å². The predicted molar refractivity (Wildman–Crippen MR) is 54.4 cm³/mol. The molecule has 0 spiro atoms. The maximum absolute atomic E-state index is 10.3. The Labute approximate surface area is 86.5 Å². The maximum atomic E-state index is 10.3. The van der Waals surface area contributed by atoms with Gasteiger partial charge in [0, 0.05) is 18.4 Å². The molecule has 0 fully saturated rings. The van der Waals surface area contributed by atoms with Gasteiger partial charge >= 0.3 is 5.97 Å². The molecule has 1 rings (SSSR count). The summed E-state index contributed by atoms with van der Waals surface area (Å²) in [6.07, 6.45) is 4.40. The third-order valence-electron chi connectivity index (χ3n) is 1.71. The Morgan fingerprint density at radius 2 is 2.50 bits per heavy atom. The average molecular weight is 215 g/mol. The number of thioether (sulfide) groups is 1. The van der Waals surface area contributed by atoms with Crippen molar-refractivity contribution in [1.29, 1.82) is 0 Å². The van der Waals surface area contributed by atoms with Crippen molar-refractivity contribution in [2.45, 2.75) is 19.4 Å². The minimum absolute atomic E-state index is 0.112. The first-order chi connectivity index (χ1) is 6.72. The van der Waals surface area contributed by atoms with E-state index in [4.69, 9.17) is 5.11 Å². The molecule has 6 heteroatoms. The van der Waals surface area contributed by atoms with E-state index in [2.05, 4.69) is 10.3 Å². The van der Waals surface area contributed by atoms with Crippen LogP contribution in [0, 0.1) is 0 Å². The van der Waals surface area contributed by atoms with Gasteiger partial charge in [-0.25, -0.2) is 0 Å². The number of nitrogens with zero attached hydrogens (tertiary/aromatic N) is 3. The van der Waals surface area contributed by atoms with Crippen LogP contribution in [-0.2, 0) is 17.8 Å². The third-order valence-corrected chi connectivity index (χ3v) is 2.30. The fraction of sp³-hybridized carbons (Fsp3) is 0.625. The summed E-state index contributed by atoms with van der Waals surface area (Å²) in [6.45, 7) is 0.821. The van der Waals surface area contributed by atoms with E-state index in [9.17, 15) is 4.79 Å². The first kappa shape index (κ1) is 11.0. The summed E-state index contributed by atoms with van der Waals surface area (Å²) in [7, 11) is 0. The topological polar surface area (TPSA) is 68.0 Å². The number of rotatable bonds is 6. The van der Waals surface area contributed by atoms with Gasteiger partial charge in [-0.05, 0) is 6.26 Å². The molecule has 0 aromatic carbocycles. The van der Waals surface area contributed by atoms with E-state index < -0.39 is 5.97 Å². The van der Waals surface area contributed by atoms with E-state index in [-0.39, 0.29) is 6.42 Å². The zero-order valence-electron chi connectivity index (χ0n) is 8.01. The van der Waals surface area contributed by atoms with Crippen LogP contribution in [-0.4, -0.2) is 38.1 Å². The second kappa shape index (κ2) is 5.64. The average Bonchev–Trinajstić information content (AvgIpc) is 2.59. The van der Waals surface area contributed by atoms with E-state index in [1.165, 1.54) is 0 Å². The van der Waals surface area contributed by atoms with E-state index in [1.807, 2.05) is 6.26 Å². The number of aromatic nitrogens is 3. The molecular weight excluding hydrogens is 202 g/mol. The molecule has 1 heterocycles. The molecule has 5 nitrogen and oxygen atoms in total. The summed E-state index contributed by atoms with van der Waals surface area (Å²) < 4.78 is 1.74. The Morgan fingerprint density at radius 3 is 3.14 bits per heavy atom. The smallest absolute Gasteiger partial charge is 0.303 e. The molecule has 78 valence electrons. The lowest BCUT2D eigenvalue weighted by Crippen LogP contribution is -2.00. The molecule has 0 bridgehead atoms. The molecule has 1 N–H and O–H groups in total. The molecule has 0 aliphatic rings. The highest BCUT2D eigenvalue weighted by atomic mass is 32.2. The molecule has 0 unspecified atom stereocenters. The van der Waals surface area contributed by atoms with Crippen LogP contribution in [0.5, 0.6) is 0 Å². The molecule has 1 aromatic rings. The van der Waals surface area contributed by atoms with Crippen LogP contribution in [0.25, 0.3) is 0 Å². The lowest BCUT2D eigenvalue weighted by Gasteiger charge is -1.95. The van der Waals surface area contributed by atoms with Gasteiger partial charge in [0.2, 0.25) is 0 Å². The Balaban J connectivity index is 2.38. The molecule has 0 saturated heterocycles. The predicted octanol–water partition coefficient (Wildman–Crippen LogP) is 0.658. The summed E-state index contributed by atoms with van der Waals surface area (Å²) in [5, 5.41) is 16.2. The van der Waals surface area contributed by atoms with Crippen LogP contribution in [0.4, 0.5) is 0 Å². The Bertz CT molecular complexity index is 301. The minimum Gasteiger partial charge on any atom is -0.481 e. The number of carboxylic acids is 1. The van der Waals surface area contributed by atoms with Crippen LogP contribution in [0.3, 0.4) is 0 Å². The second-order valence-corrected chi connectivity index (χ2v) is 3.85. The summed E-state index contributed by atoms with van der Waals surface area (Å²) in [4.78, 5) is 10.3. The lowest BCUT2D eigenvalue weighted by atomic mass is 10.2. The van der Waals surface area contributed by atoms with Gasteiger partial charge in [-0.3, -0.25) is 9.48 Å². The molecule has 1 aromatic heterocycles. The summed E-state index contributed by atoms with van der Waals surface area (Å²) in [6, 6.07) is 0. The first-order valence-corrected chi connectivity index (χ1v) is 5.71. The number of aliphatic carboxylic acids is 1. The van der Waals surface area contributed by atoms with Crippen molar-refractivity contribution in [3.05, 3.63) is 11.9 Å². The summed E-state index contributed by atoms with van der Waals surface area (Å²) in [5.41, 5.74) is 0.744. The van der Waals surface area contributed by atoms with Crippen molar-refractivity contribution in [3.63, 3.8) is 0 Å². The van der Waals surface area contributed by atoms with Crippen LogP contribution in [0.2, 0.25) is 0 Å². The van der Waals surface area contributed by atoms with Crippen molar-refractivity contribution in [2.75, 3.05) is 12.0 Å². The highest BCUT2D eigenvalue weighted by molar-refractivity contribution is 7.98. The van der Waals surface area contributed by atoms with E-state index in [0.29, 0.717) is 6.42 Å². The van der Waals surface area contributed by atoms with Crippen molar-refractivity contribution < 1.29 is 9.90 Å². The maximum Gasteiger partial charge on any atom is 0.303 e. The molecule has 0 atom stereocenters. The van der Waals surface area contributed by atoms with Gasteiger partial charge in [0.25, 0.3) is 0 Å². The van der Waals surface area contributed by atoms with Crippen molar-refractivity contribution in [3.8, 4) is 0 Å². The Morgan fingerprint density at radius 1 is 1.71 bits per heavy atom. The van der Waals surface area contributed by atoms with E-state index in [1.54, 1.807) is 22.6 Å². The van der Waals surface area contributed by atoms with Gasteiger partial charge < -0.3 is 5.11 Å². The summed E-state index contributed by atoms with van der Waals surface area (Å²) in [5.74, 6) is 0.186. The van der Waals surface area contributed by atoms with Crippen molar-refractivity contribution in [1.82, 2.24) is 15.0 Å². The molecule has 0 radical (unpaired) electrons. The standard InChI is InChI=1S/C8H13N3O2S/c1-14-5-4-11-6-7(9-10-11)2-3-8(12)13/h6H,2-5H2,1H3,(H,12,13). The zero-order chi connectivity index (χ0) is 10.4. The van der Waals surface area contributed by atoms with Gasteiger partial charge in [-0.2, -0.15) is 11.8 Å². The molecule has 0 amide bonds. The number of hydrogen-bond donors (Lipinski definition) is 1. The third kappa shape index (κ3) is 3.78. The van der Waals surface area contributed by atoms with Crippen LogP contribution in [0.1, 0.15) is 12.1 Å². The number of carbonyl (C=O) groups is 1. The number of hydrogen-bond acceptors (Lipinski definition) is 4. The Hall–Kier alpha value is -1.04. The Kier molecular flexibility index (Phi) is 4.45. The second-order valence-electron chi connectivity index (χ2n) is 2.86. The zero-order valence-corrected chi connectivity index (χ0v) is 8.83. The fourth-order valence-corrected chi connectivity index (χ4v) is 1.35. The van der Waals surface area contributed by atoms with Crippen LogP contribution >= 0.6 is 11.8 Å². The van der Waals surface area contributed by atoms with Crippen molar-refractivity contribution in [2.24, 2.45) is 0 Å². The summed E-state index contributed by atoms with van der Waals surface area (Å²) >= 11 is 1.74. The minimum atomic E-state index is -0.802. The fourth-order valence-electron chi connectivity index (χ4n) is 0.982. The van der Waals surface area contributed by atoms with E-state index in [0.717, 1.165) is 18.0 Å². The largest absolute Gasteiger partial charge is 0.481 e. The van der Waals surface area contributed by atoms with Crippen molar-refractivity contribution >= 4 is 17.7 Å². The number of carboxylic acid groups (broad SMARTS) is 1. The molecule has 14 heavy (non-hydrogen) atoms. The highest BCUT2D eigenvalue weighted by Crippen LogP contribution is 1.99. The van der Waals surface area contributed by atoms with Gasteiger partial charge in [-0.15, -0.1) is 5.10 Å². The molecule has 0 aliphatic carbocycles.